The van der Waals surface area contributed by atoms with Crippen LogP contribution in [0.2, 0.25) is 0 Å². The summed E-state index contributed by atoms with van der Waals surface area (Å²) in [5.74, 6) is 0. The van der Waals surface area contributed by atoms with Crippen LogP contribution in [0.4, 0.5) is 0 Å². The molecule has 6 atom stereocenters. The maximum Gasteiger partial charge on any atom is 0.137 e. The minimum absolute atomic E-state index is 0.916. The molecule has 1 aromatic heterocycles. The Morgan fingerprint density at radius 2 is 1.76 bits per heavy atom. The van der Waals surface area contributed by atoms with Crippen LogP contribution in [0, 0.1) is 0 Å². The van der Waals surface area contributed by atoms with E-state index in [0.29, 0.717) is 0 Å². The van der Waals surface area contributed by atoms with E-state index in [1.54, 1.807) is 0 Å². The maximum atomic E-state index is 10.0. The Kier molecular flexibility index (Phi) is 3.40. The molecule has 1 aliphatic rings. The van der Waals surface area contributed by atoms with Gasteiger partial charge in [0, 0.05) is 7.11 Å². The van der Waals surface area contributed by atoms with Gasteiger partial charge in [0.05, 0.1) is 0 Å². The van der Waals surface area contributed by atoms with Gasteiger partial charge in [-0.1, -0.05) is 0 Å². The Labute approximate surface area is 97.1 Å². The predicted molar refractivity (Wildman–Crippen MR) is 53.9 cm³/mol. The first kappa shape index (κ1) is 12.4. The highest BCUT2D eigenvalue weighted by molar-refractivity contribution is 5.01. The van der Waals surface area contributed by atoms with Crippen molar-refractivity contribution < 1.29 is 25.2 Å². The van der Waals surface area contributed by atoms with Crippen LogP contribution in [0.5, 0.6) is 0 Å². The summed E-state index contributed by atoms with van der Waals surface area (Å²) >= 11 is 0. The molecule has 0 radical (unpaired) electrons. The molecule has 1 saturated carbocycles. The van der Waals surface area contributed by atoms with Crippen LogP contribution < -0.4 is 0 Å². The van der Waals surface area contributed by atoms with Crippen molar-refractivity contribution in [3.8, 4) is 0 Å². The van der Waals surface area contributed by atoms with E-state index in [-0.39, 0.29) is 0 Å². The SMILES string of the molecule is CO[C@H]1[C@@H](O)[C@H](n2cncn2)[C@@H](O)[C@H](O)[C@@H]1O. The van der Waals surface area contributed by atoms with Crippen molar-refractivity contribution in [3.05, 3.63) is 12.7 Å². The molecule has 1 fully saturated rings. The molecule has 8 heteroatoms. The summed E-state index contributed by atoms with van der Waals surface area (Å²) < 4.78 is 6.16. The summed E-state index contributed by atoms with van der Waals surface area (Å²) in [4.78, 5) is 3.71. The lowest BCUT2D eigenvalue weighted by atomic mass is 9.83. The molecule has 17 heavy (non-hydrogen) atoms. The largest absolute Gasteiger partial charge is 0.388 e. The molecule has 1 aliphatic carbocycles. The first-order valence-electron chi connectivity index (χ1n) is 5.17. The fourth-order valence-electron chi connectivity index (χ4n) is 2.16. The minimum Gasteiger partial charge on any atom is -0.388 e. The fraction of sp³-hybridized carbons (Fsp3) is 0.778. The molecule has 0 aromatic carbocycles. The van der Waals surface area contributed by atoms with Crippen LogP contribution in [-0.4, -0.2) is 72.8 Å². The summed E-state index contributed by atoms with van der Waals surface area (Å²) in [6, 6.07) is -0.916. The number of rotatable bonds is 2. The monoisotopic (exact) mass is 245 g/mol. The molecule has 1 heterocycles. The number of ether oxygens (including phenoxy) is 1. The number of nitrogens with zero attached hydrogens (tertiary/aromatic N) is 3. The Morgan fingerprint density at radius 1 is 1.06 bits per heavy atom. The molecular formula is C9H15N3O5. The molecule has 0 unspecified atom stereocenters. The van der Waals surface area contributed by atoms with E-state index in [1.807, 2.05) is 0 Å². The molecule has 0 bridgehead atoms. The van der Waals surface area contributed by atoms with Gasteiger partial charge in [0.1, 0.15) is 49.2 Å². The van der Waals surface area contributed by atoms with Crippen LogP contribution in [0.3, 0.4) is 0 Å². The highest BCUT2D eigenvalue weighted by atomic mass is 16.5. The topological polar surface area (TPSA) is 121 Å². The number of aliphatic hydroxyl groups excluding tert-OH is 4. The van der Waals surface area contributed by atoms with Gasteiger partial charge in [-0.3, -0.25) is 0 Å². The lowest BCUT2D eigenvalue weighted by Gasteiger charge is -2.42. The van der Waals surface area contributed by atoms with E-state index in [4.69, 9.17) is 4.74 Å². The number of hydrogen-bond donors (Lipinski definition) is 4. The van der Waals surface area contributed by atoms with Crippen molar-refractivity contribution in [2.24, 2.45) is 0 Å². The first-order valence-corrected chi connectivity index (χ1v) is 5.17. The maximum absolute atomic E-state index is 10.0. The molecule has 4 N–H and O–H groups in total. The molecule has 1 aromatic rings. The van der Waals surface area contributed by atoms with Gasteiger partial charge in [-0.2, -0.15) is 5.10 Å². The summed E-state index contributed by atoms with van der Waals surface area (Å²) in [5.41, 5.74) is 0. The molecule has 0 amide bonds. The zero-order chi connectivity index (χ0) is 12.6. The zero-order valence-corrected chi connectivity index (χ0v) is 9.16. The molecule has 2 rings (SSSR count). The normalized spacial score (nSPS) is 42.6. The third-order valence-electron chi connectivity index (χ3n) is 3.09. The predicted octanol–water partition coefficient (Wildman–Crippen LogP) is -2.71. The van der Waals surface area contributed by atoms with Crippen LogP contribution in [0.25, 0.3) is 0 Å². The van der Waals surface area contributed by atoms with Crippen LogP contribution >= 0.6 is 0 Å². The van der Waals surface area contributed by atoms with Crippen LogP contribution in [0.15, 0.2) is 12.7 Å². The van der Waals surface area contributed by atoms with Gasteiger partial charge < -0.3 is 25.2 Å². The van der Waals surface area contributed by atoms with E-state index in [0.717, 1.165) is 0 Å². The van der Waals surface area contributed by atoms with Gasteiger partial charge in [0.25, 0.3) is 0 Å². The van der Waals surface area contributed by atoms with Gasteiger partial charge in [-0.15, -0.1) is 0 Å². The average molecular weight is 245 g/mol. The van der Waals surface area contributed by atoms with Crippen molar-refractivity contribution >= 4 is 0 Å². The Balaban J connectivity index is 2.31. The lowest BCUT2D eigenvalue weighted by Crippen LogP contribution is -2.61. The van der Waals surface area contributed by atoms with Crippen molar-refractivity contribution in [1.82, 2.24) is 14.8 Å². The van der Waals surface area contributed by atoms with E-state index >= 15 is 0 Å². The Bertz CT molecular complexity index is 360. The van der Waals surface area contributed by atoms with Crippen LogP contribution in [0.1, 0.15) is 6.04 Å². The number of hydrogen-bond acceptors (Lipinski definition) is 7. The highest BCUT2D eigenvalue weighted by Crippen LogP contribution is 2.30. The van der Waals surface area contributed by atoms with E-state index in [9.17, 15) is 20.4 Å². The lowest BCUT2D eigenvalue weighted by molar-refractivity contribution is -0.208. The van der Waals surface area contributed by atoms with Gasteiger partial charge in [-0.05, 0) is 0 Å². The van der Waals surface area contributed by atoms with Crippen LogP contribution in [-0.2, 0) is 4.74 Å². The summed E-state index contributed by atoms with van der Waals surface area (Å²) in [6.45, 7) is 0. The summed E-state index contributed by atoms with van der Waals surface area (Å²) in [6.07, 6.45) is -3.76. The fourth-order valence-corrected chi connectivity index (χ4v) is 2.16. The smallest absolute Gasteiger partial charge is 0.137 e. The minimum atomic E-state index is -1.42. The first-order chi connectivity index (χ1) is 8.07. The summed E-state index contributed by atoms with van der Waals surface area (Å²) in [7, 11) is 1.31. The number of aromatic nitrogens is 3. The quantitative estimate of drug-likeness (QED) is 0.447. The van der Waals surface area contributed by atoms with Crippen molar-refractivity contribution in [2.45, 2.75) is 36.6 Å². The Morgan fingerprint density at radius 3 is 2.29 bits per heavy atom. The second kappa shape index (κ2) is 4.67. The highest BCUT2D eigenvalue weighted by Gasteiger charge is 2.50. The third-order valence-corrected chi connectivity index (χ3v) is 3.09. The standard InChI is InChI=1S/C9H15N3O5/c1-17-9-6(14)4(12-3-10-2-11-12)5(13)7(15)8(9)16/h2-9,13-16H,1H3/t4-,5-,6+,7+,8+,9+/m1/s1. The van der Waals surface area contributed by atoms with Gasteiger partial charge >= 0.3 is 0 Å². The van der Waals surface area contributed by atoms with Crippen molar-refractivity contribution in [1.29, 1.82) is 0 Å². The molecule has 96 valence electrons. The Hall–Kier alpha value is -1.06. The van der Waals surface area contributed by atoms with Crippen molar-refractivity contribution in [2.75, 3.05) is 7.11 Å². The second-order valence-corrected chi connectivity index (χ2v) is 4.03. The number of aliphatic hydroxyl groups is 4. The van der Waals surface area contributed by atoms with Gasteiger partial charge in [0.2, 0.25) is 0 Å². The van der Waals surface area contributed by atoms with E-state index < -0.39 is 36.6 Å². The third kappa shape index (κ3) is 1.94. The zero-order valence-electron chi connectivity index (χ0n) is 9.16. The van der Waals surface area contributed by atoms with Crippen molar-refractivity contribution in [3.63, 3.8) is 0 Å². The van der Waals surface area contributed by atoms with Gasteiger partial charge in [-0.25, -0.2) is 9.67 Å². The van der Waals surface area contributed by atoms with Gasteiger partial charge in [0.15, 0.2) is 0 Å². The molecular weight excluding hydrogens is 230 g/mol. The van der Waals surface area contributed by atoms with E-state index in [1.165, 1.54) is 24.4 Å². The molecule has 8 nitrogen and oxygen atoms in total. The average Bonchev–Trinajstić information content (AvgIpc) is 2.81. The second-order valence-electron chi connectivity index (χ2n) is 4.03. The molecule has 0 saturated heterocycles. The molecule has 0 aliphatic heterocycles. The number of methoxy groups -OCH3 is 1. The van der Waals surface area contributed by atoms with E-state index in [2.05, 4.69) is 10.1 Å². The molecule has 0 spiro atoms. The summed E-state index contributed by atoms with van der Waals surface area (Å²) in [5, 5.41) is 43.0.